The average molecular weight is 776 g/mol. The normalized spacial score (nSPS) is 14.0. The van der Waals surface area contributed by atoms with E-state index in [1.165, 1.54) is 135 Å². The van der Waals surface area contributed by atoms with Gasteiger partial charge in [-0.05, 0) is 38.5 Å². The van der Waals surface area contributed by atoms with E-state index >= 15 is 0 Å². The van der Waals surface area contributed by atoms with Crippen molar-refractivity contribution >= 4 is 19.8 Å². The van der Waals surface area contributed by atoms with Crippen LogP contribution in [-0.4, -0.2) is 60.5 Å². The molecule has 0 aromatic carbocycles. The molecule has 0 aliphatic carbocycles. The van der Waals surface area contributed by atoms with E-state index < -0.39 is 45.1 Å². The van der Waals surface area contributed by atoms with Crippen LogP contribution in [0, 0.1) is 0 Å². The van der Waals surface area contributed by atoms with Gasteiger partial charge in [0.25, 0.3) is 0 Å². The van der Waals surface area contributed by atoms with Crippen LogP contribution in [-0.2, 0) is 32.7 Å². The number of carboxylic acid groups (broad SMARTS) is 1. The highest BCUT2D eigenvalue weighted by atomic mass is 31.2. The number of phosphoric ester groups is 1. The lowest BCUT2D eigenvalue weighted by molar-refractivity contribution is -0.154. The minimum absolute atomic E-state index is 0.0209. The van der Waals surface area contributed by atoms with E-state index in [0.717, 1.165) is 44.9 Å². The molecule has 0 spiro atoms. The van der Waals surface area contributed by atoms with Crippen LogP contribution in [0.15, 0.2) is 12.2 Å². The fourth-order valence-electron chi connectivity index (χ4n) is 6.13. The van der Waals surface area contributed by atoms with Crippen molar-refractivity contribution in [3.8, 4) is 0 Å². The van der Waals surface area contributed by atoms with Crippen molar-refractivity contribution in [2.75, 3.05) is 26.4 Å². The fourth-order valence-corrected chi connectivity index (χ4v) is 6.91. The molecule has 0 radical (unpaired) electrons. The number of unbranched alkanes of at least 4 members (excludes halogenated alkanes) is 26. The van der Waals surface area contributed by atoms with E-state index in [1.807, 2.05) is 0 Å². The molecule has 0 fully saturated rings. The number of ether oxygens (including phenoxy) is 2. The highest BCUT2D eigenvalue weighted by Crippen LogP contribution is 2.43. The molecular weight excluding hydrogens is 693 g/mol. The van der Waals surface area contributed by atoms with Gasteiger partial charge in [-0.3, -0.25) is 18.6 Å². The maximum absolute atomic E-state index is 12.6. The number of phosphoric acid groups is 1. The second-order valence-corrected chi connectivity index (χ2v) is 16.3. The Morgan fingerprint density at radius 1 is 0.585 bits per heavy atom. The minimum atomic E-state index is -4.61. The molecule has 0 amide bonds. The summed E-state index contributed by atoms with van der Waals surface area (Å²) in [7, 11) is -4.61. The third-order valence-corrected chi connectivity index (χ3v) is 10.5. The van der Waals surface area contributed by atoms with Crippen molar-refractivity contribution < 1.29 is 42.7 Å². The monoisotopic (exact) mass is 776 g/mol. The molecule has 0 saturated carbocycles. The van der Waals surface area contributed by atoms with E-state index in [9.17, 15) is 19.0 Å². The van der Waals surface area contributed by atoms with Crippen LogP contribution in [0.25, 0.3) is 0 Å². The fraction of sp³-hybridized carbons (Fsp3) is 0.905. The molecule has 0 heterocycles. The second-order valence-electron chi connectivity index (χ2n) is 14.8. The Kier molecular flexibility index (Phi) is 38.0. The Morgan fingerprint density at radius 2 is 0.981 bits per heavy atom. The van der Waals surface area contributed by atoms with Gasteiger partial charge in [0, 0.05) is 13.0 Å². The molecule has 3 unspecified atom stereocenters. The van der Waals surface area contributed by atoms with Crippen molar-refractivity contribution in [3.05, 3.63) is 12.2 Å². The van der Waals surface area contributed by atoms with Gasteiger partial charge in [0.2, 0.25) is 0 Å². The molecule has 0 aromatic rings. The van der Waals surface area contributed by atoms with Gasteiger partial charge in [0.05, 0.1) is 19.8 Å². The third kappa shape index (κ3) is 38.8. The van der Waals surface area contributed by atoms with Crippen LogP contribution in [0.1, 0.15) is 206 Å². The van der Waals surface area contributed by atoms with E-state index in [2.05, 4.69) is 26.0 Å². The predicted molar refractivity (Wildman–Crippen MR) is 217 cm³/mol. The quantitative estimate of drug-likeness (QED) is 0.0236. The van der Waals surface area contributed by atoms with E-state index in [0.29, 0.717) is 13.0 Å². The SMILES string of the molecule is CCCCCCCC/C=C\CCCCCCCCCC(=O)OC(COCCCCCCCCCCCCCCCC)COP(=O)(O)OCC(N)C(=O)O. The van der Waals surface area contributed by atoms with Gasteiger partial charge < -0.3 is 25.2 Å². The van der Waals surface area contributed by atoms with Crippen molar-refractivity contribution in [3.63, 3.8) is 0 Å². The number of hydrogen-bond acceptors (Lipinski definition) is 8. The molecule has 0 saturated heterocycles. The van der Waals surface area contributed by atoms with Gasteiger partial charge in [-0.15, -0.1) is 0 Å². The van der Waals surface area contributed by atoms with Crippen molar-refractivity contribution in [1.29, 1.82) is 0 Å². The Hall–Kier alpha value is -1.29. The number of carbonyl (C=O) groups is 2. The van der Waals surface area contributed by atoms with E-state index in [4.69, 9.17) is 29.4 Å². The zero-order valence-electron chi connectivity index (χ0n) is 34.1. The van der Waals surface area contributed by atoms with Crippen LogP contribution >= 0.6 is 7.82 Å². The first-order valence-corrected chi connectivity index (χ1v) is 23.2. The van der Waals surface area contributed by atoms with Gasteiger partial charge in [-0.2, -0.15) is 0 Å². The first kappa shape index (κ1) is 51.7. The van der Waals surface area contributed by atoms with Gasteiger partial charge >= 0.3 is 19.8 Å². The summed E-state index contributed by atoms with van der Waals surface area (Å²) in [6.45, 7) is 3.90. The molecule has 0 aliphatic heterocycles. The van der Waals surface area contributed by atoms with E-state index in [1.54, 1.807) is 0 Å². The van der Waals surface area contributed by atoms with Crippen molar-refractivity contribution in [1.82, 2.24) is 0 Å². The Balaban J connectivity index is 4.22. The highest BCUT2D eigenvalue weighted by molar-refractivity contribution is 7.47. The molecule has 0 aliphatic rings. The standard InChI is InChI=1S/C42H82NO9P/c1-3-5-7-9-11-13-15-17-19-20-21-22-24-26-28-30-32-34-41(44)52-39(37-50-53(47,48)51-38-40(43)42(45)46)36-49-35-33-31-29-27-25-23-18-16-14-12-10-8-6-4-2/h17,19,39-40H,3-16,18,20-38,43H2,1-2H3,(H,45,46)(H,47,48)/b19-17-. The molecule has 0 bridgehead atoms. The van der Waals surface area contributed by atoms with Crippen LogP contribution in [0.4, 0.5) is 0 Å². The molecule has 53 heavy (non-hydrogen) atoms. The van der Waals surface area contributed by atoms with Crippen LogP contribution in [0.2, 0.25) is 0 Å². The van der Waals surface area contributed by atoms with Crippen LogP contribution < -0.4 is 5.73 Å². The Morgan fingerprint density at radius 3 is 1.43 bits per heavy atom. The maximum Gasteiger partial charge on any atom is 0.472 e. The molecule has 11 heteroatoms. The van der Waals surface area contributed by atoms with Crippen LogP contribution in [0.5, 0.6) is 0 Å². The number of esters is 1. The summed E-state index contributed by atoms with van der Waals surface area (Å²) in [4.78, 5) is 33.5. The summed E-state index contributed by atoms with van der Waals surface area (Å²) in [6.07, 6.45) is 39.7. The number of nitrogens with two attached hydrogens (primary N) is 1. The Bertz CT molecular complexity index is 904. The highest BCUT2D eigenvalue weighted by Gasteiger charge is 2.27. The van der Waals surface area contributed by atoms with Gasteiger partial charge in [0.15, 0.2) is 0 Å². The summed E-state index contributed by atoms with van der Waals surface area (Å²) in [5.74, 6) is -1.77. The third-order valence-electron chi connectivity index (χ3n) is 9.54. The van der Waals surface area contributed by atoms with Gasteiger partial charge in [0.1, 0.15) is 12.1 Å². The summed E-state index contributed by atoms with van der Waals surface area (Å²) >= 11 is 0. The lowest BCUT2D eigenvalue weighted by Crippen LogP contribution is -2.34. The second kappa shape index (κ2) is 39.0. The number of rotatable bonds is 42. The number of carboxylic acids is 1. The number of allylic oxidation sites excluding steroid dienone is 2. The predicted octanol–water partition coefficient (Wildman–Crippen LogP) is 11.8. The van der Waals surface area contributed by atoms with E-state index in [-0.39, 0.29) is 13.0 Å². The van der Waals surface area contributed by atoms with Crippen LogP contribution in [0.3, 0.4) is 0 Å². The van der Waals surface area contributed by atoms with Gasteiger partial charge in [-0.25, -0.2) is 4.57 Å². The zero-order valence-corrected chi connectivity index (χ0v) is 35.0. The summed E-state index contributed by atoms with van der Waals surface area (Å²) < 4.78 is 33.3. The smallest absolute Gasteiger partial charge is 0.472 e. The van der Waals surface area contributed by atoms with Crippen molar-refractivity contribution in [2.45, 2.75) is 219 Å². The molecule has 10 nitrogen and oxygen atoms in total. The first-order valence-electron chi connectivity index (χ1n) is 21.7. The number of carbonyl (C=O) groups excluding carboxylic acids is 1. The molecule has 0 aromatic heterocycles. The Labute approximate surface area is 324 Å². The largest absolute Gasteiger partial charge is 0.480 e. The maximum atomic E-state index is 12.6. The minimum Gasteiger partial charge on any atom is -0.480 e. The lowest BCUT2D eigenvalue weighted by atomic mass is 10.0. The molecule has 314 valence electrons. The summed E-state index contributed by atoms with van der Waals surface area (Å²) in [5.41, 5.74) is 5.35. The topological polar surface area (TPSA) is 155 Å². The van der Waals surface area contributed by atoms with Crippen molar-refractivity contribution in [2.24, 2.45) is 5.73 Å². The molecule has 0 rings (SSSR count). The first-order chi connectivity index (χ1) is 25.7. The zero-order chi connectivity index (χ0) is 39.1. The number of aliphatic carboxylic acids is 1. The molecule has 4 N–H and O–H groups in total. The lowest BCUT2D eigenvalue weighted by Gasteiger charge is -2.20. The molecule has 3 atom stereocenters. The summed E-state index contributed by atoms with van der Waals surface area (Å²) in [5, 5.41) is 8.89. The average Bonchev–Trinajstić information content (AvgIpc) is 3.13. The summed E-state index contributed by atoms with van der Waals surface area (Å²) in [6, 6.07) is -1.47. The van der Waals surface area contributed by atoms with Gasteiger partial charge in [-0.1, -0.05) is 174 Å². The molecular formula is C42H82NO9P. The number of hydrogen-bond donors (Lipinski definition) is 3.